The van der Waals surface area contributed by atoms with E-state index < -0.39 is 0 Å². The van der Waals surface area contributed by atoms with Gasteiger partial charge in [0.25, 0.3) is 0 Å². The van der Waals surface area contributed by atoms with Gasteiger partial charge in [-0.15, -0.1) is 0 Å². The molecule has 0 fully saturated rings. The number of benzene rings is 1. The Morgan fingerprint density at radius 2 is 2.13 bits per heavy atom. The number of rotatable bonds is 4. The lowest BCUT2D eigenvalue weighted by Gasteiger charge is -2.31. The van der Waals surface area contributed by atoms with Gasteiger partial charge in [-0.2, -0.15) is 0 Å². The van der Waals surface area contributed by atoms with Gasteiger partial charge in [-0.25, -0.2) is 0 Å². The summed E-state index contributed by atoms with van der Waals surface area (Å²) in [6.07, 6.45) is 1.98. The van der Waals surface area contributed by atoms with Crippen LogP contribution in [0.5, 0.6) is 0 Å². The van der Waals surface area contributed by atoms with Crippen molar-refractivity contribution < 1.29 is 0 Å². The van der Waals surface area contributed by atoms with Crippen molar-refractivity contribution in [2.24, 2.45) is 11.7 Å². The Balaban J connectivity index is 2.77. The molecule has 0 bridgehead atoms. The number of hydrogen-bond acceptors (Lipinski definition) is 1. The average Bonchev–Trinajstić information content (AvgIpc) is 2.15. The monoisotopic (exact) mass is 225 g/mol. The van der Waals surface area contributed by atoms with Crippen molar-refractivity contribution in [2.45, 2.75) is 39.2 Å². The van der Waals surface area contributed by atoms with E-state index in [1.807, 2.05) is 18.2 Å². The van der Waals surface area contributed by atoms with E-state index in [1.165, 1.54) is 5.56 Å². The average molecular weight is 226 g/mol. The van der Waals surface area contributed by atoms with Crippen LogP contribution in [0.4, 0.5) is 0 Å². The summed E-state index contributed by atoms with van der Waals surface area (Å²) in [5.74, 6) is 0.511. The maximum atomic E-state index is 6.31. The number of nitrogens with two attached hydrogens (primary N) is 1. The van der Waals surface area contributed by atoms with E-state index in [-0.39, 0.29) is 5.54 Å². The molecule has 1 nitrogen and oxygen atoms in total. The summed E-state index contributed by atoms with van der Waals surface area (Å²) in [4.78, 5) is 0. The molecule has 2 heteroatoms. The van der Waals surface area contributed by atoms with Crippen LogP contribution in [0.2, 0.25) is 5.02 Å². The Bertz CT molecular complexity index is 320. The molecule has 2 unspecified atom stereocenters. The largest absolute Gasteiger partial charge is 0.325 e. The highest BCUT2D eigenvalue weighted by atomic mass is 35.5. The van der Waals surface area contributed by atoms with Crippen molar-refractivity contribution in [2.75, 3.05) is 0 Å². The van der Waals surface area contributed by atoms with E-state index in [9.17, 15) is 0 Å². The van der Waals surface area contributed by atoms with Crippen LogP contribution < -0.4 is 5.73 Å². The lowest BCUT2D eigenvalue weighted by molar-refractivity contribution is 0.306. The highest BCUT2D eigenvalue weighted by Crippen LogP contribution is 2.23. The standard InChI is InChI=1S/C13H20ClN/c1-4-10(2)13(3,15)9-11-6-5-7-12(14)8-11/h5-8,10H,4,9,15H2,1-3H3. The SMILES string of the molecule is CCC(C)C(C)(N)Cc1cccc(Cl)c1. The molecule has 15 heavy (non-hydrogen) atoms. The first-order valence-corrected chi connectivity index (χ1v) is 5.87. The predicted molar refractivity (Wildman–Crippen MR) is 67.2 cm³/mol. The van der Waals surface area contributed by atoms with Crippen LogP contribution in [0.1, 0.15) is 32.8 Å². The zero-order chi connectivity index (χ0) is 11.5. The molecule has 1 rings (SSSR count). The first kappa shape index (κ1) is 12.5. The summed E-state index contributed by atoms with van der Waals surface area (Å²) in [5, 5.41) is 0.785. The van der Waals surface area contributed by atoms with Crippen molar-refractivity contribution in [3.63, 3.8) is 0 Å². The molecule has 0 spiro atoms. The molecule has 1 aromatic carbocycles. The smallest absolute Gasteiger partial charge is 0.0408 e. The van der Waals surface area contributed by atoms with Crippen molar-refractivity contribution in [3.05, 3.63) is 34.9 Å². The topological polar surface area (TPSA) is 26.0 Å². The number of halogens is 1. The van der Waals surface area contributed by atoms with Gasteiger partial charge < -0.3 is 5.73 Å². The molecule has 0 aliphatic carbocycles. The van der Waals surface area contributed by atoms with Crippen LogP contribution in [0.25, 0.3) is 0 Å². The maximum Gasteiger partial charge on any atom is 0.0408 e. The van der Waals surface area contributed by atoms with Gasteiger partial charge in [0.1, 0.15) is 0 Å². The molecule has 0 saturated heterocycles. The Labute approximate surface area is 97.6 Å². The fourth-order valence-electron chi connectivity index (χ4n) is 1.73. The highest BCUT2D eigenvalue weighted by Gasteiger charge is 2.25. The lowest BCUT2D eigenvalue weighted by atomic mass is 9.81. The third-order valence-electron chi connectivity index (χ3n) is 3.21. The molecule has 1 aromatic rings. The van der Waals surface area contributed by atoms with Crippen molar-refractivity contribution in [1.82, 2.24) is 0 Å². The second kappa shape index (κ2) is 5.00. The molecule has 0 radical (unpaired) electrons. The Kier molecular flexibility index (Phi) is 4.18. The van der Waals surface area contributed by atoms with Crippen LogP contribution >= 0.6 is 11.6 Å². The first-order valence-electron chi connectivity index (χ1n) is 5.49. The van der Waals surface area contributed by atoms with Crippen molar-refractivity contribution in [3.8, 4) is 0 Å². The van der Waals surface area contributed by atoms with Gasteiger partial charge in [0.05, 0.1) is 0 Å². The van der Waals surface area contributed by atoms with Gasteiger partial charge in [0, 0.05) is 10.6 Å². The summed E-state index contributed by atoms with van der Waals surface area (Å²) >= 11 is 5.95. The first-order chi connectivity index (χ1) is 6.95. The van der Waals surface area contributed by atoms with E-state index in [2.05, 4.69) is 26.8 Å². The molecule has 84 valence electrons. The lowest BCUT2D eigenvalue weighted by Crippen LogP contribution is -2.44. The Morgan fingerprint density at radius 3 is 2.67 bits per heavy atom. The van der Waals surface area contributed by atoms with Crippen LogP contribution in [0.3, 0.4) is 0 Å². The molecule has 2 atom stereocenters. The summed E-state index contributed by atoms with van der Waals surface area (Å²) in [6.45, 7) is 6.49. The summed E-state index contributed by atoms with van der Waals surface area (Å²) in [5.41, 5.74) is 7.37. The minimum Gasteiger partial charge on any atom is -0.325 e. The van der Waals surface area contributed by atoms with Crippen molar-refractivity contribution >= 4 is 11.6 Å². The Morgan fingerprint density at radius 1 is 1.47 bits per heavy atom. The molecular formula is C13H20ClN. The quantitative estimate of drug-likeness (QED) is 0.832. The molecule has 0 amide bonds. The minimum absolute atomic E-state index is 0.153. The van der Waals surface area contributed by atoms with Gasteiger partial charge in [0.2, 0.25) is 0 Å². The molecule has 2 N–H and O–H groups in total. The molecule has 0 saturated carbocycles. The number of hydrogen-bond donors (Lipinski definition) is 1. The Hall–Kier alpha value is -0.530. The molecule has 0 aliphatic rings. The van der Waals surface area contributed by atoms with Gasteiger partial charge in [0.15, 0.2) is 0 Å². The third-order valence-corrected chi connectivity index (χ3v) is 3.45. The second-order valence-electron chi connectivity index (χ2n) is 4.62. The molecule has 0 heterocycles. The predicted octanol–water partition coefficient (Wildman–Crippen LogP) is 3.65. The summed E-state index contributed by atoms with van der Waals surface area (Å²) < 4.78 is 0. The van der Waals surface area contributed by atoms with Crippen molar-refractivity contribution in [1.29, 1.82) is 0 Å². The van der Waals surface area contributed by atoms with Crippen LogP contribution in [0, 0.1) is 5.92 Å². The highest BCUT2D eigenvalue weighted by molar-refractivity contribution is 6.30. The zero-order valence-corrected chi connectivity index (χ0v) is 10.5. The molecule has 0 aromatic heterocycles. The zero-order valence-electron chi connectivity index (χ0n) is 9.76. The van der Waals surface area contributed by atoms with Crippen LogP contribution in [0.15, 0.2) is 24.3 Å². The van der Waals surface area contributed by atoms with E-state index in [0.29, 0.717) is 5.92 Å². The molecular weight excluding hydrogens is 206 g/mol. The second-order valence-corrected chi connectivity index (χ2v) is 5.06. The van der Waals surface area contributed by atoms with E-state index >= 15 is 0 Å². The van der Waals surface area contributed by atoms with Crippen LogP contribution in [-0.4, -0.2) is 5.54 Å². The fourth-order valence-corrected chi connectivity index (χ4v) is 1.94. The fraction of sp³-hybridized carbons (Fsp3) is 0.538. The van der Waals surface area contributed by atoms with Gasteiger partial charge in [-0.3, -0.25) is 0 Å². The van der Waals surface area contributed by atoms with E-state index in [1.54, 1.807) is 0 Å². The normalized spacial score (nSPS) is 17.1. The van der Waals surface area contributed by atoms with Gasteiger partial charge in [-0.05, 0) is 37.0 Å². The third kappa shape index (κ3) is 3.51. The minimum atomic E-state index is -0.153. The van der Waals surface area contributed by atoms with Gasteiger partial charge >= 0.3 is 0 Å². The van der Waals surface area contributed by atoms with E-state index in [0.717, 1.165) is 17.9 Å². The molecule has 0 aliphatic heterocycles. The van der Waals surface area contributed by atoms with E-state index in [4.69, 9.17) is 17.3 Å². The maximum absolute atomic E-state index is 6.31. The van der Waals surface area contributed by atoms with Crippen LogP contribution in [-0.2, 0) is 6.42 Å². The summed E-state index contributed by atoms with van der Waals surface area (Å²) in [6, 6.07) is 7.95. The summed E-state index contributed by atoms with van der Waals surface area (Å²) in [7, 11) is 0. The van der Waals surface area contributed by atoms with Gasteiger partial charge in [-0.1, -0.05) is 44.0 Å².